The highest BCUT2D eigenvalue weighted by atomic mass is 35.5. The van der Waals surface area contributed by atoms with Crippen molar-refractivity contribution < 1.29 is 4.79 Å². The molecule has 0 atom stereocenters. The zero-order chi connectivity index (χ0) is 16.9. The second kappa shape index (κ2) is 13.1. The van der Waals surface area contributed by atoms with E-state index in [0.29, 0.717) is 14.2 Å². The molecule has 2 nitrogen and oxygen atoms in total. The summed E-state index contributed by atoms with van der Waals surface area (Å²) in [7, 11) is 0. The molecule has 5 heteroatoms. The normalized spacial score (nSPS) is 10.9. The molecule has 0 aliphatic carbocycles. The van der Waals surface area contributed by atoms with E-state index in [0.717, 1.165) is 13.0 Å². The summed E-state index contributed by atoms with van der Waals surface area (Å²) in [5, 5.41) is 3.38. The van der Waals surface area contributed by atoms with E-state index in [2.05, 4.69) is 12.2 Å². The molecule has 0 unspecified atom stereocenters. The lowest BCUT2D eigenvalue weighted by Crippen LogP contribution is -2.23. The van der Waals surface area contributed by atoms with Crippen molar-refractivity contribution in [3.05, 3.63) is 20.3 Å². The van der Waals surface area contributed by atoms with Crippen LogP contribution in [-0.4, -0.2) is 12.5 Å². The first-order valence-electron chi connectivity index (χ1n) is 8.88. The van der Waals surface area contributed by atoms with Crippen LogP contribution in [0.3, 0.4) is 0 Å². The van der Waals surface area contributed by atoms with Crippen LogP contribution < -0.4 is 5.32 Å². The summed E-state index contributed by atoms with van der Waals surface area (Å²) in [6.07, 6.45) is 14.4. The molecular weight excluding hydrogens is 349 g/mol. The maximum atomic E-state index is 11.9. The van der Waals surface area contributed by atoms with Crippen molar-refractivity contribution in [2.24, 2.45) is 0 Å². The van der Waals surface area contributed by atoms with Crippen LogP contribution in [0.15, 0.2) is 6.07 Å². The molecule has 23 heavy (non-hydrogen) atoms. The number of carbonyl (C=O) groups excluding carboxylic acids is 1. The predicted molar refractivity (Wildman–Crippen MR) is 103 cm³/mol. The van der Waals surface area contributed by atoms with E-state index in [4.69, 9.17) is 23.2 Å². The summed E-state index contributed by atoms with van der Waals surface area (Å²) in [5.74, 6) is -0.0733. The molecule has 132 valence electrons. The van der Waals surface area contributed by atoms with Crippen molar-refractivity contribution in [3.8, 4) is 0 Å². The Kier molecular flexibility index (Phi) is 11.8. The fourth-order valence-corrected chi connectivity index (χ4v) is 3.82. The number of rotatable bonds is 13. The zero-order valence-corrected chi connectivity index (χ0v) is 16.5. The fourth-order valence-electron chi connectivity index (χ4n) is 2.54. The van der Waals surface area contributed by atoms with Gasteiger partial charge < -0.3 is 5.32 Å². The van der Waals surface area contributed by atoms with Crippen LogP contribution in [0.5, 0.6) is 0 Å². The number of amides is 1. The molecule has 0 aliphatic rings. The van der Waals surface area contributed by atoms with Crippen molar-refractivity contribution in [1.82, 2.24) is 5.32 Å². The van der Waals surface area contributed by atoms with Crippen LogP contribution in [0.25, 0.3) is 0 Å². The van der Waals surface area contributed by atoms with Gasteiger partial charge in [0.25, 0.3) is 5.91 Å². The van der Waals surface area contributed by atoms with Gasteiger partial charge in [-0.3, -0.25) is 4.79 Å². The van der Waals surface area contributed by atoms with Gasteiger partial charge in [-0.1, -0.05) is 94.3 Å². The van der Waals surface area contributed by atoms with Gasteiger partial charge in [0.1, 0.15) is 4.34 Å². The largest absolute Gasteiger partial charge is 0.351 e. The van der Waals surface area contributed by atoms with Gasteiger partial charge in [0.2, 0.25) is 0 Å². The lowest BCUT2D eigenvalue weighted by Gasteiger charge is -2.04. The molecule has 1 aromatic rings. The Bertz CT molecular complexity index is 429. The fraction of sp³-hybridized carbons (Fsp3) is 0.722. The second-order valence-corrected chi connectivity index (χ2v) is 8.09. The van der Waals surface area contributed by atoms with Crippen molar-refractivity contribution in [1.29, 1.82) is 0 Å². The quantitative estimate of drug-likeness (QED) is 0.365. The average molecular weight is 378 g/mol. The molecule has 1 N–H and O–H groups in total. The minimum Gasteiger partial charge on any atom is -0.351 e. The van der Waals surface area contributed by atoms with E-state index < -0.39 is 0 Å². The van der Waals surface area contributed by atoms with Crippen molar-refractivity contribution in [2.75, 3.05) is 6.54 Å². The maximum Gasteiger partial charge on any atom is 0.261 e. The van der Waals surface area contributed by atoms with Crippen molar-refractivity contribution in [3.63, 3.8) is 0 Å². The van der Waals surface area contributed by atoms with Gasteiger partial charge >= 0.3 is 0 Å². The number of nitrogens with one attached hydrogen (secondary N) is 1. The van der Waals surface area contributed by atoms with Gasteiger partial charge in [0, 0.05) is 6.54 Å². The van der Waals surface area contributed by atoms with E-state index in [-0.39, 0.29) is 5.91 Å². The summed E-state index contributed by atoms with van der Waals surface area (Å²) in [5.41, 5.74) is 0. The Hall–Kier alpha value is -0.250. The summed E-state index contributed by atoms with van der Waals surface area (Å²) in [4.78, 5) is 12.5. The third-order valence-electron chi connectivity index (χ3n) is 3.93. The Balaban J connectivity index is 1.90. The minimum atomic E-state index is -0.0733. The van der Waals surface area contributed by atoms with Crippen molar-refractivity contribution in [2.45, 2.75) is 77.6 Å². The van der Waals surface area contributed by atoms with Crippen molar-refractivity contribution >= 4 is 40.4 Å². The molecule has 1 rings (SSSR count). The first kappa shape index (κ1) is 20.8. The molecule has 1 amide bonds. The van der Waals surface area contributed by atoms with E-state index in [1.54, 1.807) is 6.07 Å². The molecule has 1 aromatic heterocycles. The summed E-state index contributed by atoms with van der Waals surface area (Å²) >= 11 is 12.9. The highest BCUT2D eigenvalue weighted by Gasteiger charge is 2.11. The molecule has 0 fully saturated rings. The van der Waals surface area contributed by atoms with Gasteiger partial charge in [0.15, 0.2) is 0 Å². The molecule has 0 bridgehead atoms. The number of halogens is 2. The van der Waals surface area contributed by atoms with Gasteiger partial charge in [-0.15, -0.1) is 11.3 Å². The number of thiophene rings is 1. The zero-order valence-electron chi connectivity index (χ0n) is 14.1. The average Bonchev–Trinajstić information content (AvgIpc) is 2.87. The van der Waals surface area contributed by atoms with Gasteiger partial charge in [0.05, 0.1) is 9.90 Å². The third kappa shape index (κ3) is 9.59. The smallest absolute Gasteiger partial charge is 0.261 e. The molecule has 1 heterocycles. The highest BCUT2D eigenvalue weighted by Crippen LogP contribution is 2.31. The second-order valence-electron chi connectivity index (χ2n) is 6.02. The predicted octanol–water partition coefficient (Wildman–Crippen LogP) is 7.10. The van der Waals surface area contributed by atoms with Crippen LogP contribution in [0.2, 0.25) is 9.36 Å². The van der Waals surface area contributed by atoms with Gasteiger partial charge in [-0.2, -0.15) is 0 Å². The summed E-state index contributed by atoms with van der Waals surface area (Å²) in [6.45, 7) is 2.98. The number of unbranched alkanes of at least 4 members (excludes halogenated alkanes) is 10. The Morgan fingerprint density at radius 3 is 1.96 bits per heavy atom. The Labute approximate surface area is 154 Å². The first-order valence-corrected chi connectivity index (χ1v) is 10.5. The molecule has 0 radical (unpaired) electrons. The highest BCUT2D eigenvalue weighted by molar-refractivity contribution is 7.18. The topological polar surface area (TPSA) is 29.1 Å². The molecule has 0 saturated carbocycles. The number of carbonyl (C=O) groups is 1. The Morgan fingerprint density at radius 1 is 0.957 bits per heavy atom. The summed E-state index contributed by atoms with van der Waals surface area (Å²) in [6, 6.07) is 1.63. The third-order valence-corrected chi connectivity index (χ3v) is 5.80. The minimum absolute atomic E-state index is 0.0733. The van der Waals surface area contributed by atoms with E-state index in [1.165, 1.54) is 75.5 Å². The van der Waals surface area contributed by atoms with Crippen LogP contribution in [0, 0.1) is 0 Å². The molecular formula is C18H29Cl2NOS. The van der Waals surface area contributed by atoms with Crippen LogP contribution >= 0.6 is 34.5 Å². The first-order chi connectivity index (χ1) is 11.1. The van der Waals surface area contributed by atoms with Crippen LogP contribution in [0.1, 0.15) is 87.2 Å². The van der Waals surface area contributed by atoms with Gasteiger partial charge in [-0.05, 0) is 12.5 Å². The van der Waals surface area contributed by atoms with Crippen LogP contribution in [0.4, 0.5) is 0 Å². The molecule has 0 aliphatic heterocycles. The number of hydrogen-bond donors (Lipinski definition) is 1. The van der Waals surface area contributed by atoms with Crippen LogP contribution in [-0.2, 0) is 0 Å². The Morgan fingerprint density at radius 2 is 1.48 bits per heavy atom. The monoisotopic (exact) mass is 377 g/mol. The maximum absolute atomic E-state index is 11.9. The number of hydrogen-bond acceptors (Lipinski definition) is 2. The molecule has 0 spiro atoms. The van der Waals surface area contributed by atoms with E-state index in [1.807, 2.05) is 0 Å². The van der Waals surface area contributed by atoms with E-state index >= 15 is 0 Å². The lowest BCUT2D eigenvalue weighted by molar-refractivity contribution is 0.0957. The molecule has 0 aromatic carbocycles. The standard InChI is InChI=1S/C18H29Cl2NOS/c1-2-3-4-5-6-7-8-9-10-11-12-13-21-18(22)16-14-15(19)17(20)23-16/h14H,2-13H2,1H3,(H,21,22). The SMILES string of the molecule is CCCCCCCCCCCCCNC(=O)c1cc(Cl)c(Cl)s1. The van der Waals surface area contributed by atoms with E-state index in [9.17, 15) is 4.79 Å². The molecule has 0 saturated heterocycles. The lowest BCUT2D eigenvalue weighted by atomic mass is 10.1. The summed E-state index contributed by atoms with van der Waals surface area (Å²) < 4.78 is 0.478. The van der Waals surface area contributed by atoms with Gasteiger partial charge in [-0.25, -0.2) is 0 Å².